The first-order valence-electron chi connectivity index (χ1n) is 6.29. The fourth-order valence-electron chi connectivity index (χ4n) is 2.47. The minimum atomic E-state index is -0.806. The first-order chi connectivity index (χ1) is 9.05. The maximum atomic E-state index is 11.6. The Morgan fingerprint density at radius 1 is 1.42 bits per heavy atom. The van der Waals surface area contributed by atoms with Gasteiger partial charge in [-0.2, -0.15) is 0 Å². The van der Waals surface area contributed by atoms with Crippen LogP contribution in [0.15, 0.2) is 16.6 Å². The molecular formula is C14H17BrO4. The lowest BCUT2D eigenvalue weighted by atomic mass is 9.64. The molecule has 0 bridgehead atoms. The van der Waals surface area contributed by atoms with Gasteiger partial charge >= 0.3 is 5.97 Å². The molecule has 4 nitrogen and oxygen atoms in total. The van der Waals surface area contributed by atoms with Gasteiger partial charge in [0.25, 0.3) is 0 Å². The quantitative estimate of drug-likeness (QED) is 0.900. The molecule has 1 aliphatic rings. The van der Waals surface area contributed by atoms with Crippen molar-refractivity contribution < 1.29 is 19.4 Å². The van der Waals surface area contributed by atoms with Crippen LogP contribution in [0.5, 0.6) is 11.5 Å². The highest BCUT2D eigenvalue weighted by atomic mass is 79.9. The van der Waals surface area contributed by atoms with Gasteiger partial charge in [0, 0.05) is 11.6 Å². The van der Waals surface area contributed by atoms with Crippen molar-refractivity contribution in [2.24, 2.45) is 0 Å². The van der Waals surface area contributed by atoms with Crippen molar-refractivity contribution in [3.63, 3.8) is 0 Å². The molecule has 1 saturated carbocycles. The van der Waals surface area contributed by atoms with Crippen molar-refractivity contribution in [2.75, 3.05) is 13.7 Å². The van der Waals surface area contributed by atoms with Crippen LogP contribution >= 0.6 is 15.9 Å². The van der Waals surface area contributed by atoms with Crippen LogP contribution in [0.4, 0.5) is 0 Å². The van der Waals surface area contributed by atoms with Gasteiger partial charge in [-0.3, -0.25) is 4.79 Å². The maximum Gasteiger partial charge on any atom is 0.314 e. The SMILES string of the molecule is CCOc1cc(OC)c(Br)cc1C1(C(=O)O)CCC1. The van der Waals surface area contributed by atoms with E-state index in [0.717, 1.165) is 16.5 Å². The Kier molecular flexibility index (Phi) is 4.04. The van der Waals surface area contributed by atoms with Crippen LogP contribution in [0.3, 0.4) is 0 Å². The molecular weight excluding hydrogens is 312 g/mol. The van der Waals surface area contributed by atoms with E-state index < -0.39 is 11.4 Å². The summed E-state index contributed by atoms with van der Waals surface area (Å²) in [4.78, 5) is 11.6. The molecule has 0 spiro atoms. The van der Waals surface area contributed by atoms with E-state index in [4.69, 9.17) is 9.47 Å². The number of benzene rings is 1. The van der Waals surface area contributed by atoms with Gasteiger partial charge in [-0.15, -0.1) is 0 Å². The minimum absolute atomic E-state index is 0.494. The van der Waals surface area contributed by atoms with Crippen molar-refractivity contribution >= 4 is 21.9 Å². The Hall–Kier alpha value is -1.23. The largest absolute Gasteiger partial charge is 0.495 e. The van der Waals surface area contributed by atoms with Gasteiger partial charge in [0.1, 0.15) is 11.5 Å². The van der Waals surface area contributed by atoms with Crippen molar-refractivity contribution in [1.82, 2.24) is 0 Å². The van der Waals surface area contributed by atoms with Gasteiger partial charge in [0.05, 0.1) is 23.6 Å². The Morgan fingerprint density at radius 2 is 2.11 bits per heavy atom. The van der Waals surface area contributed by atoms with E-state index >= 15 is 0 Å². The molecule has 1 fully saturated rings. The highest BCUT2D eigenvalue weighted by molar-refractivity contribution is 9.10. The van der Waals surface area contributed by atoms with E-state index in [-0.39, 0.29) is 0 Å². The smallest absolute Gasteiger partial charge is 0.314 e. The number of carboxylic acid groups (broad SMARTS) is 1. The number of carbonyl (C=O) groups is 1. The van der Waals surface area contributed by atoms with Crippen molar-refractivity contribution in [3.8, 4) is 11.5 Å². The summed E-state index contributed by atoms with van der Waals surface area (Å²) in [5, 5.41) is 9.55. The minimum Gasteiger partial charge on any atom is -0.495 e. The average molecular weight is 329 g/mol. The van der Waals surface area contributed by atoms with Gasteiger partial charge in [0.2, 0.25) is 0 Å². The first-order valence-corrected chi connectivity index (χ1v) is 7.08. The molecule has 1 aliphatic carbocycles. The van der Waals surface area contributed by atoms with Gasteiger partial charge in [-0.1, -0.05) is 6.42 Å². The van der Waals surface area contributed by atoms with Crippen LogP contribution < -0.4 is 9.47 Å². The summed E-state index contributed by atoms with van der Waals surface area (Å²) in [7, 11) is 1.58. The molecule has 0 saturated heterocycles. The second-order valence-electron chi connectivity index (χ2n) is 4.66. The number of methoxy groups -OCH3 is 1. The summed E-state index contributed by atoms with van der Waals surface area (Å²) in [5.41, 5.74) is -0.0694. The molecule has 0 atom stereocenters. The maximum absolute atomic E-state index is 11.6. The zero-order chi connectivity index (χ0) is 14.0. The number of aliphatic carboxylic acids is 1. The van der Waals surface area contributed by atoms with Gasteiger partial charge in [-0.05, 0) is 41.8 Å². The zero-order valence-electron chi connectivity index (χ0n) is 11.0. The molecule has 0 aliphatic heterocycles. The molecule has 1 N–H and O–H groups in total. The number of hydrogen-bond donors (Lipinski definition) is 1. The van der Waals surface area contributed by atoms with Crippen LogP contribution in [0.1, 0.15) is 31.7 Å². The summed E-state index contributed by atoms with van der Waals surface area (Å²) >= 11 is 3.41. The third-order valence-corrected chi connectivity index (χ3v) is 4.31. The Morgan fingerprint density at radius 3 is 2.53 bits per heavy atom. The average Bonchev–Trinajstić information content (AvgIpc) is 2.30. The van der Waals surface area contributed by atoms with Crippen LogP contribution in [0.25, 0.3) is 0 Å². The fraction of sp³-hybridized carbons (Fsp3) is 0.500. The Bertz CT molecular complexity index is 494. The number of rotatable bonds is 5. The molecule has 0 unspecified atom stereocenters. The molecule has 5 heteroatoms. The number of halogens is 1. The molecule has 0 aromatic heterocycles. The highest BCUT2D eigenvalue weighted by Crippen LogP contribution is 2.49. The molecule has 2 rings (SSSR count). The number of hydrogen-bond acceptors (Lipinski definition) is 3. The van der Waals surface area contributed by atoms with Crippen LogP contribution in [-0.2, 0) is 10.2 Å². The predicted octanol–water partition coefficient (Wildman–Crippen LogP) is 3.36. The summed E-state index contributed by atoms with van der Waals surface area (Å²) < 4.78 is 11.6. The van der Waals surface area contributed by atoms with Crippen LogP contribution in [0.2, 0.25) is 0 Å². The van der Waals surface area contributed by atoms with Gasteiger partial charge < -0.3 is 14.6 Å². The van der Waals surface area contributed by atoms with Gasteiger partial charge in [-0.25, -0.2) is 0 Å². The zero-order valence-corrected chi connectivity index (χ0v) is 12.6. The van der Waals surface area contributed by atoms with Crippen molar-refractivity contribution in [3.05, 3.63) is 22.2 Å². The molecule has 104 valence electrons. The third kappa shape index (κ3) is 2.31. The van der Waals surface area contributed by atoms with Crippen molar-refractivity contribution in [2.45, 2.75) is 31.6 Å². The molecule has 0 amide bonds. The van der Waals surface area contributed by atoms with Crippen LogP contribution in [0, 0.1) is 0 Å². The van der Waals surface area contributed by atoms with E-state index in [0.29, 0.717) is 30.9 Å². The van der Waals surface area contributed by atoms with Gasteiger partial charge in [0.15, 0.2) is 0 Å². The number of ether oxygens (including phenoxy) is 2. The fourth-order valence-corrected chi connectivity index (χ4v) is 2.97. The van der Waals surface area contributed by atoms with E-state index in [2.05, 4.69) is 15.9 Å². The summed E-state index contributed by atoms with van der Waals surface area (Å²) in [5.74, 6) is 0.466. The summed E-state index contributed by atoms with van der Waals surface area (Å²) in [6.45, 7) is 2.38. The Balaban J connectivity index is 2.54. The topological polar surface area (TPSA) is 55.8 Å². The molecule has 0 radical (unpaired) electrons. The van der Waals surface area contributed by atoms with Crippen molar-refractivity contribution in [1.29, 1.82) is 0 Å². The second kappa shape index (κ2) is 5.41. The van der Waals surface area contributed by atoms with E-state index in [1.807, 2.05) is 13.0 Å². The predicted molar refractivity (Wildman–Crippen MR) is 75.0 cm³/mol. The molecule has 1 aromatic carbocycles. The lowest BCUT2D eigenvalue weighted by Gasteiger charge is -2.39. The monoisotopic (exact) mass is 328 g/mol. The lowest BCUT2D eigenvalue weighted by Crippen LogP contribution is -2.42. The second-order valence-corrected chi connectivity index (χ2v) is 5.51. The molecule has 19 heavy (non-hydrogen) atoms. The normalized spacial score (nSPS) is 16.6. The Labute approximate surface area is 120 Å². The first kappa shape index (κ1) is 14.2. The number of carboxylic acids is 1. The van der Waals surface area contributed by atoms with E-state index in [1.54, 1.807) is 13.2 Å². The molecule has 0 heterocycles. The standard InChI is InChI=1S/C14H17BrO4/c1-3-19-11-8-12(18-2)10(15)7-9(11)14(13(16)17)5-4-6-14/h7-8H,3-6H2,1-2H3,(H,16,17). The summed E-state index contributed by atoms with van der Waals surface area (Å²) in [6, 6.07) is 3.57. The van der Waals surface area contributed by atoms with Crippen LogP contribution in [-0.4, -0.2) is 24.8 Å². The summed E-state index contributed by atoms with van der Waals surface area (Å²) in [6.07, 6.45) is 2.24. The third-order valence-electron chi connectivity index (χ3n) is 3.69. The lowest BCUT2D eigenvalue weighted by molar-refractivity contribution is -0.147. The van der Waals surface area contributed by atoms with E-state index in [1.165, 1.54) is 0 Å². The van der Waals surface area contributed by atoms with E-state index in [9.17, 15) is 9.90 Å². The highest BCUT2D eigenvalue weighted by Gasteiger charge is 2.48. The molecule has 1 aromatic rings.